The number of hydrogen-bond acceptors (Lipinski definition) is 3. The van der Waals surface area contributed by atoms with Gasteiger partial charge >= 0.3 is 0 Å². The number of amides is 2. The van der Waals surface area contributed by atoms with Crippen LogP contribution in [-0.2, 0) is 11.2 Å². The van der Waals surface area contributed by atoms with Gasteiger partial charge < -0.3 is 15.0 Å². The molecule has 138 valence electrons. The van der Waals surface area contributed by atoms with E-state index in [1.54, 1.807) is 41.3 Å². The number of carbonyl (C=O) groups excluding carboxylic acids is 2. The van der Waals surface area contributed by atoms with Crippen LogP contribution >= 0.6 is 0 Å². The lowest BCUT2D eigenvalue weighted by atomic mass is 10.1. The van der Waals surface area contributed by atoms with Gasteiger partial charge in [-0.2, -0.15) is 0 Å². The monoisotopic (exact) mass is 358 g/mol. The lowest BCUT2D eigenvalue weighted by molar-refractivity contribution is -0.128. The number of benzene rings is 2. The number of halogens is 1. The summed E-state index contributed by atoms with van der Waals surface area (Å²) in [5, 5.41) is 2.80. The molecule has 0 saturated carbocycles. The highest BCUT2D eigenvalue weighted by Gasteiger charge is 2.13. The van der Waals surface area contributed by atoms with Gasteiger partial charge in [-0.25, -0.2) is 4.39 Å². The van der Waals surface area contributed by atoms with Crippen molar-refractivity contribution in [3.63, 3.8) is 0 Å². The second-order valence-corrected chi connectivity index (χ2v) is 5.84. The van der Waals surface area contributed by atoms with Gasteiger partial charge in [0.15, 0.2) is 0 Å². The molecule has 6 heteroatoms. The average Bonchev–Trinajstić information content (AvgIpc) is 2.65. The van der Waals surface area contributed by atoms with E-state index in [9.17, 15) is 14.0 Å². The van der Waals surface area contributed by atoms with Crippen LogP contribution in [0.2, 0.25) is 0 Å². The molecule has 0 aliphatic heterocycles. The standard InChI is InChI=1S/C20H23FN2O3/c1-15(24)23(13-11-16-7-9-17(21)10-8-16)14-12-22-20(25)18-5-3-4-6-19(18)26-2/h3-10H,11-14H2,1-2H3,(H,22,25). The van der Waals surface area contributed by atoms with Crippen LogP contribution in [0.15, 0.2) is 48.5 Å². The first-order valence-corrected chi connectivity index (χ1v) is 8.42. The Labute approximate surface area is 152 Å². The Balaban J connectivity index is 1.85. The summed E-state index contributed by atoms with van der Waals surface area (Å²) in [6, 6.07) is 13.2. The van der Waals surface area contributed by atoms with Gasteiger partial charge in [0.2, 0.25) is 5.91 Å². The molecule has 2 aromatic carbocycles. The number of nitrogens with one attached hydrogen (secondary N) is 1. The molecule has 0 aliphatic rings. The van der Waals surface area contributed by atoms with Gasteiger partial charge in [-0.1, -0.05) is 24.3 Å². The molecule has 0 atom stereocenters. The summed E-state index contributed by atoms with van der Waals surface area (Å²) in [6.45, 7) is 2.73. The van der Waals surface area contributed by atoms with Gasteiger partial charge in [-0.3, -0.25) is 9.59 Å². The Bertz CT molecular complexity index is 747. The second-order valence-electron chi connectivity index (χ2n) is 5.84. The maximum Gasteiger partial charge on any atom is 0.255 e. The predicted molar refractivity (Wildman–Crippen MR) is 97.7 cm³/mol. The van der Waals surface area contributed by atoms with Gasteiger partial charge in [0.25, 0.3) is 5.91 Å². The van der Waals surface area contributed by atoms with Gasteiger partial charge in [-0.15, -0.1) is 0 Å². The Hall–Kier alpha value is -2.89. The minimum atomic E-state index is -0.281. The fourth-order valence-electron chi connectivity index (χ4n) is 2.57. The van der Waals surface area contributed by atoms with E-state index < -0.39 is 0 Å². The van der Waals surface area contributed by atoms with E-state index in [4.69, 9.17) is 4.74 Å². The molecule has 0 heterocycles. The first-order chi connectivity index (χ1) is 12.5. The molecule has 5 nitrogen and oxygen atoms in total. The van der Waals surface area contributed by atoms with Crippen LogP contribution in [0.5, 0.6) is 5.75 Å². The molecule has 0 saturated heterocycles. The molecule has 2 rings (SSSR count). The molecule has 0 bridgehead atoms. The first-order valence-electron chi connectivity index (χ1n) is 8.42. The van der Waals surface area contributed by atoms with Crippen LogP contribution in [0.4, 0.5) is 4.39 Å². The molecular formula is C20H23FN2O3. The van der Waals surface area contributed by atoms with E-state index >= 15 is 0 Å². The maximum atomic E-state index is 12.9. The lowest BCUT2D eigenvalue weighted by Gasteiger charge is -2.21. The molecular weight excluding hydrogens is 335 g/mol. The number of para-hydroxylation sites is 1. The summed E-state index contributed by atoms with van der Waals surface area (Å²) in [7, 11) is 1.51. The largest absolute Gasteiger partial charge is 0.496 e. The predicted octanol–water partition coefficient (Wildman–Crippen LogP) is 2.66. The highest BCUT2D eigenvalue weighted by atomic mass is 19.1. The van der Waals surface area contributed by atoms with E-state index in [2.05, 4.69) is 5.32 Å². The fourth-order valence-corrected chi connectivity index (χ4v) is 2.57. The van der Waals surface area contributed by atoms with Crippen molar-refractivity contribution >= 4 is 11.8 Å². The number of methoxy groups -OCH3 is 1. The maximum absolute atomic E-state index is 12.9. The van der Waals surface area contributed by atoms with E-state index in [0.29, 0.717) is 37.4 Å². The highest BCUT2D eigenvalue weighted by Crippen LogP contribution is 2.16. The van der Waals surface area contributed by atoms with Crippen molar-refractivity contribution in [1.82, 2.24) is 10.2 Å². The highest BCUT2D eigenvalue weighted by molar-refractivity contribution is 5.96. The SMILES string of the molecule is COc1ccccc1C(=O)NCCN(CCc1ccc(F)cc1)C(C)=O. The van der Waals surface area contributed by atoms with Crippen LogP contribution in [0.1, 0.15) is 22.8 Å². The normalized spacial score (nSPS) is 10.3. The molecule has 0 radical (unpaired) electrons. The third kappa shape index (κ3) is 5.58. The van der Waals surface area contributed by atoms with Crippen LogP contribution in [-0.4, -0.2) is 43.5 Å². The topological polar surface area (TPSA) is 58.6 Å². The second kappa shape index (κ2) is 9.56. The van der Waals surface area contributed by atoms with Crippen molar-refractivity contribution in [2.24, 2.45) is 0 Å². The van der Waals surface area contributed by atoms with Crippen LogP contribution < -0.4 is 10.1 Å². The van der Waals surface area contributed by atoms with Crippen molar-refractivity contribution < 1.29 is 18.7 Å². The van der Waals surface area contributed by atoms with E-state index in [0.717, 1.165) is 5.56 Å². The summed E-state index contributed by atoms with van der Waals surface area (Å²) in [5.41, 5.74) is 1.41. The Kier molecular flexibility index (Phi) is 7.14. The van der Waals surface area contributed by atoms with Gasteiger partial charge in [0.05, 0.1) is 12.7 Å². The first kappa shape index (κ1) is 19.4. The Morgan fingerprint density at radius 2 is 1.77 bits per heavy atom. The minimum Gasteiger partial charge on any atom is -0.496 e. The third-order valence-electron chi connectivity index (χ3n) is 4.05. The van der Waals surface area contributed by atoms with Crippen molar-refractivity contribution in [2.75, 3.05) is 26.7 Å². The molecule has 1 N–H and O–H groups in total. The molecule has 0 aliphatic carbocycles. The quantitative estimate of drug-likeness (QED) is 0.789. The zero-order chi connectivity index (χ0) is 18.9. The average molecular weight is 358 g/mol. The summed E-state index contributed by atoms with van der Waals surface area (Å²) < 4.78 is 18.1. The van der Waals surface area contributed by atoms with Gasteiger partial charge in [-0.05, 0) is 36.2 Å². The lowest BCUT2D eigenvalue weighted by Crippen LogP contribution is -2.38. The van der Waals surface area contributed by atoms with Crippen LogP contribution in [0.3, 0.4) is 0 Å². The summed E-state index contributed by atoms with van der Waals surface area (Å²) >= 11 is 0. The number of nitrogens with zero attached hydrogens (tertiary/aromatic N) is 1. The number of hydrogen-bond donors (Lipinski definition) is 1. The smallest absolute Gasteiger partial charge is 0.255 e. The van der Waals surface area contributed by atoms with Crippen molar-refractivity contribution in [3.05, 3.63) is 65.5 Å². The molecule has 0 aromatic heterocycles. The third-order valence-corrected chi connectivity index (χ3v) is 4.05. The summed E-state index contributed by atoms with van der Waals surface area (Å²) in [5.74, 6) is -0.0934. The summed E-state index contributed by atoms with van der Waals surface area (Å²) in [4.78, 5) is 25.7. The molecule has 2 aromatic rings. The van der Waals surface area contributed by atoms with Gasteiger partial charge in [0.1, 0.15) is 11.6 Å². The number of carbonyl (C=O) groups is 2. The van der Waals surface area contributed by atoms with Crippen LogP contribution in [0.25, 0.3) is 0 Å². The van der Waals surface area contributed by atoms with Crippen molar-refractivity contribution in [2.45, 2.75) is 13.3 Å². The Morgan fingerprint density at radius 1 is 1.08 bits per heavy atom. The van der Waals surface area contributed by atoms with Gasteiger partial charge in [0, 0.05) is 26.6 Å². The van der Waals surface area contributed by atoms with E-state index in [-0.39, 0.29) is 17.6 Å². The van der Waals surface area contributed by atoms with Crippen LogP contribution in [0, 0.1) is 5.82 Å². The van der Waals surface area contributed by atoms with Crippen molar-refractivity contribution in [1.29, 1.82) is 0 Å². The molecule has 26 heavy (non-hydrogen) atoms. The molecule has 2 amide bonds. The molecule has 0 unspecified atom stereocenters. The summed E-state index contributed by atoms with van der Waals surface area (Å²) in [6.07, 6.45) is 0.625. The molecule has 0 fully saturated rings. The number of rotatable bonds is 8. The van der Waals surface area contributed by atoms with E-state index in [1.807, 2.05) is 0 Å². The Morgan fingerprint density at radius 3 is 2.42 bits per heavy atom. The van der Waals surface area contributed by atoms with E-state index in [1.165, 1.54) is 26.2 Å². The minimum absolute atomic E-state index is 0.0707. The zero-order valence-corrected chi connectivity index (χ0v) is 15.0. The zero-order valence-electron chi connectivity index (χ0n) is 15.0. The van der Waals surface area contributed by atoms with Crippen molar-refractivity contribution in [3.8, 4) is 5.75 Å². The fraction of sp³-hybridized carbons (Fsp3) is 0.300. The number of ether oxygens (including phenoxy) is 1. The molecule has 0 spiro atoms.